The lowest BCUT2D eigenvalue weighted by molar-refractivity contribution is 0.101. The second-order valence-electron chi connectivity index (χ2n) is 3.78. The molecule has 0 saturated heterocycles. The highest BCUT2D eigenvalue weighted by Crippen LogP contribution is 2.16. The zero-order valence-corrected chi connectivity index (χ0v) is 9.57. The van der Waals surface area contributed by atoms with Crippen LogP contribution in [0.2, 0.25) is 0 Å². The molecule has 88 valence electrons. The van der Waals surface area contributed by atoms with Gasteiger partial charge in [-0.2, -0.15) is 5.10 Å². The van der Waals surface area contributed by atoms with Crippen LogP contribution >= 0.6 is 0 Å². The van der Waals surface area contributed by atoms with Gasteiger partial charge in [0.15, 0.2) is 0 Å². The van der Waals surface area contributed by atoms with Crippen LogP contribution in [0.25, 0.3) is 0 Å². The quantitative estimate of drug-likeness (QED) is 0.863. The number of halogens is 1. The predicted octanol–water partition coefficient (Wildman–Crippen LogP) is 2.12. The Bertz CT molecular complexity index is 563. The maximum Gasteiger partial charge on any atom is 0.273 e. The number of aryl methyl sites for hydroxylation is 2. The summed E-state index contributed by atoms with van der Waals surface area (Å²) in [4.78, 5) is 11.8. The molecule has 0 atom stereocenters. The van der Waals surface area contributed by atoms with Crippen LogP contribution in [0, 0.1) is 12.7 Å². The summed E-state index contributed by atoms with van der Waals surface area (Å²) in [7, 11) is 1.65. The summed E-state index contributed by atoms with van der Waals surface area (Å²) in [6.07, 6.45) is 1.52. The molecule has 0 aliphatic rings. The number of hydrogen-bond donors (Lipinski definition) is 1. The molecular weight excluding hydrogens is 221 g/mol. The van der Waals surface area contributed by atoms with E-state index < -0.39 is 5.82 Å². The Morgan fingerprint density at radius 2 is 2.18 bits per heavy atom. The van der Waals surface area contributed by atoms with Crippen molar-refractivity contribution in [2.75, 3.05) is 5.32 Å². The molecule has 0 saturated carbocycles. The molecule has 2 rings (SSSR count). The van der Waals surface area contributed by atoms with Crippen molar-refractivity contribution in [1.82, 2.24) is 9.78 Å². The number of benzene rings is 1. The van der Waals surface area contributed by atoms with Crippen LogP contribution < -0.4 is 5.32 Å². The van der Waals surface area contributed by atoms with Crippen molar-refractivity contribution in [2.45, 2.75) is 6.92 Å². The summed E-state index contributed by atoms with van der Waals surface area (Å²) < 4.78 is 14.9. The van der Waals surface area contributed by atoms with Crippen molar-refractivity contribution in [3.63, 3.8) is 0 Å². The van der Waals surface area contributed by atoms with E-state index in [9.17, 15) is 9.18 Å². The van der Waals surface area contributed by atoms with E-state index >= 15 is 0 Å². The summed E-state index contributed by atoms with van der Waals surface area (Å²) in [5, 5.41) is 6.40. The number of nitrogens with zero attached hydrogens (tertiary/aromatic N) is 2. The van der Waals surface area contributed by atoms with E-state index in [1.807, 2.05) is 6.92 Å². The lowest BCUT2D eigenvalue weighted by Crippen LogP contribution is -2.16. The van der Waals surface area contributed by atoms with Gasteiger partial charge in [0.25, 0.3) is 5.91 Å². The van der Waals surface area contributed by atoms with E-state index in [4.69, 9.17) is 0 Å². The smallest absolute Gasteiger partial charge is 0.273 e. The standard InChI is InChI=1S/C12H12FN3O/c1-8-3-4-9(13)10(7-8)15-12(17)11-5-6-14-16(11)2/h3-7H,1-2H3,(H,15,17). The molecular formula is C12H12FN3O. The average molecular weight is 233 g/mol. The Hall–Kier alpha value is -2.17. The fourth-order valence-corrected chi connectivity index (χ4v) is 1.52. The number of aromatic nitrogens is 2. The number of amides is 1. The van der Waals surface area contributed by atoms with Gasteiger partial charge in [-0.25, -0.2) is 4.39 Å². The molecule has 0 aliphatic carbocycles. The predicted molar refractivity (Wildman–Crippen MR) is 62.3 cm³/mol. The maximum atomic E-state index is 13.4. The molecule has 1 aromatic heterocycles. The first-order valence-electron chi connectivity index (χ1n) is 5.13. The minimum absolute atomic E-state index is 0.177. The number of anilines is 1. The second-order valence-corrected chi connectivity index (χ2v) is 3.78. The summed E-state index contributed by atoms with van der Waals surface area (Å²) in [6, 6.07) is 6.13. The van der Waals surface area contributed by atoms with E-state index in [-0.39, 0.29) is 11.6 Å². The van der Waals surface area contributed by atoms with Crippen molar-refractivity contribution < 1.29 is 9.18 Å². The van der Waals surface area contributed by atoms with Crippen LogP contribution in [0.5, 0.6) is 0 Å². The molecule has 1 heterocycles. The lowest BCUT2D eigenvalue weighted by atomic mass is 10.2. The van der Waals surface area contributed by atoms with Gasteiger partial charge in [0.1, 0.15) is 11.5 Å². The minimum Gasteiger partial charge on any atom is -0.318 e. The first kappa shape index (κ1) is 11.3. The number of rotatable bonds is 2. The van der Waals surface area contributed by atoms with Gasteiger partial charge in [0.05, 0.1) is 5.69 Å². The fourth-order valence-electron chi connectivity index (χ4n) is 1.52. The molecule has 2 aromatic rings. The summed E-state index contributed by atoms with van der Waals surface area (Å²) in [6.45, 7) is 1.83. The molecule has 1 aromatic carbocycles. The Morgan fingerprint density at radius 1 is 1.41 bits per heavy atom. The van der Waals surface area contributed by atoms with Crippen LogP contribution in [-0.4, -0.2) is 15.7 Å². The van der Waals surface area contributed by atoms with Gasteiger partial charge in [-0.1, -0.05) is 6.07 Å². The van der Waals surface area contributed by atoms with E-state index in [2.05, 4.69) is 10.4 Å². The molecule has 0 unspecified atom stereocenters. The molecule has 0 spiro atoms. The number of nitrogens with one attached hydrogen (secondary N) is 1. The third kappa shape index (κ3) is 2.33. The largest absolute Gasteiger partial charge is 0.318 e. The second kappa shape index (κ2) is 4.37. The zero-order valence-electron chi connectivity index (χ0n) is 9.57. The molecule has 0 fully saturated rings. The van der Waals surface area contributed by atoms with E-state index in [0.29, 0.717) is 5.69 Å². The van der Waals surface area contributed by atoms with Gasteiger partial charge in [0.2, 0.25) is 0 Å². The highest BCUT2D eigenvalue weighted by molar-refractivity contribution is 6.03. The molecule has 17 heavy (non-hydrogen) atoms. The van der Waals surface area contributed by atoms with Crippen LogP contribution in [0.15, 0.2) is 30.5 Å². The van der Waals surface area contributed by atoms with Crippen molar-refractivity contribution in [1.29, 1.82) is 0 Å². The highest BCUT2D eigenvalue weighted by Gasteiger charge is 2.12. The van der Waals surface area contributed by atoms with Gasteiger partial charge >= 0.3 is 0 Å². The monoisotopic (exact) mass is 233 g/mol. The third-order valence-corrected chi connectivity index (χ3v) is 2.42. The first-order valence-corrected chi connectivity index (χ1v) is 5.13. The highest BCUT2D eigenvalue weighted by atomic mass is 19.1. The molecule has 5 heteroatoms. The van der Waals surface area contributed by atoms with E-state index in [1.54, 1.807) is 25.2 Å². The normalized spacial score (nSPS) is 10.3. The van der Waals surface area contributed by atoms with Crippen molar-refractivity contribution in [3.05, 3.63) is 47.5 Å². The number of carbonyl (C=O) groups is 1. The summed E-state index contributed by atoms with van der Waals surface area (Å²) in [5.74, 6) is -0.833. The SMILES string of the molecule is Cc1ccc(F)c(NC(=O)c2ccnn2C)c1. The maximum absolute atomic E-state index is 13.4. The number of carbonyl (C=O) groups excluding carboxylic acids is 1. The van der Waals surface area contributed by atoms with Crippen LogP contribution in [-0.2, 0) is 7.05 Å². The molecule has 1 N–H and O–H groups in total. The van der Waals surface area contributed by atoms with Crippen LogP contribution in [0.3, 0.4) is 0 Å². The number of hydrogen-bond acceptors (Lipinski definition) is 2. The Kier molecular flexibility index (Phi) is 2.91. The van der Waals surface area contributed by atoms with E-state index in [0.717, 1.165) is 5.56 Å². The lowest BCUT2D eigenvalue weighted by Gasteiger charge is -2.07. The molecule has 0 radical (unpaired) electrons. The minimum atomic E-state index is -0.453. The molecule has 0 aliphatic heterocycles. The van der Waals surface area contributed by atoms with Gasteiger partial charge in [-0.15, -0.1) is 0 Å². The molecule has 4 nitrogen and oxygen atoms in total. The fraction of sp³-hybridized carbons (Fsp3) is 0.167. The molecule has 1 amide bonds. The van der Waals surface area contributed by atoms with Gasteiger partial charge in [-0.3, -0.25) is 9.48 Å². The summed E-state index contributed by atoms with van der Waals surface area (Å²) >= 11 is 0. The molecule has 0 bridgehead atoms. The Labute approximate surface area is 98.1 Å². The van der Waals surface area contributed by atoms with Gasteiger partial charge in [-0.05, 0) is 30.7 Å². The zero-order chi connectivity index (χ0) is 12.4. The van der Waals surface area contributed by atoms with E-state index in [1.165, 1.54) is 16.9 Å². The van der Waals surface area contributed by atoms with Crippen LogP contribution in [0.1, 0.15) is 16.1 Å². The first-order chi connectivity index (χ1) is 8.08. The van der Waals surface area contributed by atoms with Gasteiger partial charge in [0, 0.05) is 13.2 Å². The third-order valence-electron chi connectivity index (χ3n) is 2.42. The summed E-state index contributed by atoms with van der Waals surface area (Å²) in [5.41, 5.74) is 1.44. The van der Waals surface area contributed by atoms with Crippen molar-refractivity contribution in [3.8, 4) is 0 Å². The Balaban J connectivity index is 2.24. The Morgan fingerprint density at radius 3 is 2.82 bits per heavy atom. The van der Waals surface area contributed by atoms with Crippen molar-refractivity contribution in [2.24, 2.45) is 7.05 Å². The van der Waals surface area contributed by atoms with Crippen molar-refractivity contribution >= 4 is 11.6 Å². The average Bonchev–Trinajstić information content (AvgIpc) is 2.70. The van der Waals surface area contributed by atoms with Crippen LogP contribution in [0.4, 0.5) is 10.1 Å². The van der Waals surface area contributed by atoms with Gasteiger partial charge < -0.3 is 5.32 Å². The topological polar surface area (TPSA) is 46.9 Å².